The maximum atomic E-state index is 8.95. The van der Waals surface area contributed by atoms with E-state index in [-0.39, 0.29) is 0 Å². The van der Waals surface area contributed by atoms with Crippen LogP contribution in [-0.2, 0) is 6.54 Å². The first-order valence-corrected chi connectivity index (χ1v) is 9.89. The fourth-order valence-electron chi connectivity index (χ4n) is 4.01. The summed E-state index contributed by atoms with van der Waals surface area (Å²) in [4.78, 5) is 5.10. The predicted octanol–water partition coefficient (Wildman–Crippen LogP) is 4.47. The summed E-state index contributed by atoms with van der Waals surface area (Å²) < 4.78 is 0. The van der Waals surface area contributed by atoms with E-state index in [9.17, 15) is 0 Å². The molecular formula is C25H25N3. The number of nitrogens with zero attached hydrogens (tertiary/aromatic N) is 3. The molecule has 3 heteroatoms. The highest BCUT2D eigenvalue weighted by Crippen LogP contribution is 2.29. The van der Waals surface area contributed by atoms with Gasteiger partial charge in [-0.25, -0.2) is 0 Å². The van der Waals surface area contributed by atoms with Gasteiger partial charge in [0, 0.05) is 32.7 Å². The van der Waals surface area contributed by atoms with Crippen molar-refractivity contribution in [3.8, 4) is 6.07 Å². The summed E-state index contributed by atoms with van der Waals surface area (Å²) in [5.41, 5.74) is 4.71. The Morgan fingerprint density at radius 1 is 0.714 bits per heavy atom. The van der Waals surface area contributed by atoms with Crippen LogP contribution in [0.25, 0.3) is 0 Å². The zero-order valence-corrected chi connectivity index (χ0v) is 16.0. The van der Waals surface area contributed by atoms with E-state index in [0.29, 0.717) is 6.04 Å². The summed E-state index contributed by atoms with van der Waals surface area (Å²) in [6, 6.07) is 32.1. The number of benzene rings is 3. The molecule has 3 aromatic rings. The van der Waals surface area contributed by atoms with Crippen molar-refractivity contribution in [1.82, 2.24) is 9.80 Å². The van der Waals surface area contributed by atoms with Gasteiger partial charge in [0.05, 0.1) is 17.7 Å². The molecule has 28 heavy (non-hydrogen) atoms. The van der Waals surface area contributed by atoms with Crippen molar-refractivity contribution in [2.45, 2.75) is 12.6 Å². The van der Waals surface area contributed by atoms with Gasteiger partial charge in [-0.2, -0.15) is 5.26 Å². The van der Waals surface area contributed by atoms with Gasteiger partial charge < -0.3 is 0 Å². The Bertz CT molecular complexity index is 866. The van der Waals surface area contributed by atoms with Crippen molar-refractivity contribution >= 4 is 0 Å². The molecular weight excluding hydrogens is 342 g/mol. The van der Waals surface area contributed by atoms with Crippen LogP contribution in [0.4, 0.5) is 0 Å². The van der Waals surface area contributed by atoms with E-state index in [0.717, 1.165) is 38.3 Å². The first-order valence-electron chi connectivity index (χ1n) is 9.89. The van der Waals surface area contributed by atoms with Crippen molar-refractivity contribution in [3.05, 3.63) is 107 Å². The van der Waals surface area contributed by atoms with Crippen LogP contribution in [0.1, 0.15) is 28.3 Å². The quantitative estimate of drug-likeness (QED) is 0.667. The van der Waals surface area contributed by atoms with E-state index in [1.54, 1.807) is 0 Å². The van der Waals surface area contributed by atoms with Crippen LogP contribution in [0.3, 0.4) is 0 Å². The summed E-state index contributed by atoms with van der Waals surface area (Å²) in [5.74, 6) is 0. The van der Waals surface area contributed by atoms with Crippen molar-refractivity contribution in [3.63, 3.8) is 0 Å². The summed E-state index contributed by atoms with van der Waals surface area (Å²) in [5, 5.41) is 8.95. The normalized spacial score (nSPS) is 15.4. The van der Waals surface area contributed by atoms with Crippen LogP contribution in [0.5, 0.6) is 0 Å². The number of hydrogen-bond donors (Lipinski definition) is 0. The molecule has 140 valence electrons. The Balaban J connectivity index is 1.45. The Labute approximate surface area is 167 Å². The Morgan fingerprint density at radius 2 is 1.25 bits per heavy atom. The summed E-state index contributed by atoms with van der Waals surface area (Å²) in [6.07, 6.45) is 0. The molecule has 0 amide bonds. The molecule has 1 heterocycles. The first kappa shape index (κ1) is 18.4. The van der Waals surface area contributed by atoms with Gasteiger partial charge in [-0.1, -0.05) is 72.8 Å². The standard InChI is InChI=1S/C25H25N3/c26-19-21-11-13-22(14-12-21)20-27-15-17-28(18-16-27)25(23-7-3-1-4-8-23)24-9-5-2-6-10-24/h1-14,25H,15-18,20H2. The maximum Gasteiger partial charge on any atom is 0.0991 e. The highest BCUT2D eigenvalue weighted by molar-refractivity contribution is 5.33. The van der Waals surface area contributed by atoms with Crippen molar-refractivity contribution in [2.75, 3.05) is 26.2 Å². The average molecular weight is 367 g/mol. The van der Waals surface area contributed by atoms with Gasteiger partial charge in [0.1, 0.15) is 0 Å². The molecule has 0 aromatic heterocycles. The monoisotopic (exact) mass is 367 g/mol. The van der Waals surface area contributed by atoms with Gasteiger partial charge in [-0.15, -0.1) is 0 Å². The van der Waals surface area contributed by atoms with Crippen LogP contribution in [0.15, 0.2) is 84.9 Å². The highest BCUT2D eigenvalue weighted by atomic mass is 15.3. The Kier molecular flexibility index (Phi) is 5.82. The number of hydrogen-bond acceptors (Lipinski definition) is 3. The van der Waals surface area contributed by atoms with Gasteiger partial charge in [-0.3, -0.25) is 9.80 Å². The lowest BCUT2D eigenvalue weighted by Crippen LogP contribution is -2.47. The van der Waals surface area contributed by atoms with Gasteiger partial charge in [0.25, 0.3) is 0 Å². The topological polar surface area (TPSA) is 30.3 Å². The molecule has 3 aromatic carbocycles. The second-order valence-corrected chi connectivity index (χ2v) is 7.34. The van der Waals surface area contributed by atoms with E-state index < -0.39 is 0 Å². The van der Waals surface area contributed by atoms with E-state index >= 15 is 0 Å². The van der Waals surface area contributed by atoms with E-state index in [2.05, 4.69) is 88.7 Å². The summed E-state index contributed by atoms with van der Waals surface area (Å²) >= 11 is 0. The van der Waals surface area contributed by atoms with E-state index in [1.165, 1.54) is 16.7 Å². The van der Waals surface area contributed by atoms with Crippen molar-refractivity contribution < 1.29 is 0 Å². The van der Waals surface area contributed by atoms with Crippen LogP contribution in [-0.4, -0.2) is 36.0 Å². The molecule has 0 unspecified atom stereocenters. The summed E-state index contributed by atoms with van der Waals surface area (Å²) in [6.45, 7) is 5.14. The molecule has 0 radical (unpaired) electrons. The lowest BCUT2D eigenvalue weighted by atomic mass is 9.96. The Hall–Kier alpha value is -2.93. The third-order valence-electron chi connectivity index (χ3n) is 5.49. The van der Waals surface area contributed by atoms with Crippen LogP contribution < -0.4 is 0 Å². The first-order chi connectivity index (χ1) is 13.8. The van der Waals surface area contributed by atoms with Gasteiger partial charge in [0.15, 0.2) is 0 Å². The van der Waals surface area contributed by atoms with Crippen LogP contribution in [0, 0.1) is 11.3 Å². The van der Waals surface area contributed by atoms with Crippen molar-refractivity contribution in [2.24, 2.45) is 0 Å². The molecule has 0 bridgehead atoms. The van der Waals surface area contributed by atoms with Gasteiger partial charge in [-0.05, 0) is 28.8 Å². The molecule has 4 rings (SSSR count). The third kappa shape index (κ3) is 4.31. The molecule has 1 saturated heterocycles. The predicted molar refractivity (Wildman–Crippen MR) is 113 cm³/mol. The number of piperazine rings is 1. The molecule has 3 nitrogen and oxygen atoms in total. The van der Waals surface area contributed by atoms with Crippen molar-refractivity contribution in [1.29, 1.82) is 5.26 Å². The zero-order chi connectivity index (χ0) is 19.2. The minimum Gasteiger partial charge on any atom is -0.297 e. The average Bonchev–Trinajstić information content (AvgIpc) is 2.77. The molecule has 1 aliphatic rings. The second-order valence-electron chi connectivity index (χ2n) is 7.34. The molecule has 0 saturated carbocycles. The highest BCUT2D eigenvalue weighted by Gasteiger charge is 2.26. The molecule has 0 atom stereocenters. The Morgan fingerprint density at radius 3 is 1.75 bits per heavy atom. The van der Waals surface area contributed by atoms with E-state index in [4.69, 9.17) is 5.26 Å². The molecule has 1 aliphatic heterocycles. The minimum atomic E-state index is 0.305. The molecule has 0 aliphatic carbocycles. The van der Waals surface area contributed by atoms with E-state index in [1.807, 2.05) is 12.1 Å². The molecule has 0 N–H and O–H groups in total. The third-order valence-corrected chi connectivity index (χ3v) is 5.49. The zero-order valence-electron chi connectivity index (χ0n) is 16.0. The SMILES string of the molecule is N#Cc1ccc(CN2CCN(C(c3ccccc3)c3ccccc3)CC2)cc1. The number of rotatable bonds is 5. The fourth-order valence-corrected chi connectivity index (χ4v) is 4.01. The van der Waals surface area contributed by atoms with Gasteiger partial charge in [0.2, 0.25) is 0 Å². The lowest BCUT2D eigenvalue weighted by Gasteiger charge is -2.39. The lowest BCUT2D eigenvalue weighted by molar-refractivity contribution is 0.105. The van der Waals surface area contributed by atoms with Gasteiger partial charge >= 0.3 is 0 Å². The summed E-state index contributed by atoms with van der Waals surface area (Å²) in [7, 11) is 0. The minimum absolute atomic E-state index is 0.305. The second kappa shape index (κ2) is 8.84. The molecule has 1 fully saturated rings. The molecule has 0 spiro atoms. The van der Waals surface area contributed by atoms with Crippen LogP contribution >= 0.6 is 0 Å². The maximum absolute atomic E-state index is 8.95. The number of nitriles is 1. The smallest absolute Gasteiger partial charge is 0.0991 e. The van der Waals surface area contributed by atoms with Crippen LogP contribution in [0.2, 0.25) is 0 Å². The largest absolute Gasteiger partial charge is 0.297 e. The fraction of sp³-hybridized carbons (Fsp3) is 0.240.